The molecule has 0 aromatic heterocycles. The fraction of sp³-hybridized carbons (Fsp3) is 0.458. The number of benzene rings is 2. The number of para-hydroxylation sites is 3. The molecular weight excluding hydrogens is 378 g/mol. The predicted octanol–water partition coefficient (Wildman–Crippen LogP) is 3.89. The van der Waals surface area contributed by atoms with Crippen molar-refractivity contribution in [2.45, 2.75) is 43.9 Å². The molecule has 2 aromatic rings. The second-order valence-corrected chi connectivity index (χ2v) is 8.62. The van der Waals surface area contributed by atoms with E-state index in [4.69, 9.17) is 9.47 Å². The Labute approximate surface area is 177 Å². The van der Waals surface area contributed by atoms with Gasteiger partial charge in [0, 0.05) is 30.9 Å². The molecule has 0 radical (unpaired) electrons. The molecule has 0 saturated carbocycles. The van der Waals surface area contributed by atoms with Crippen molar-refractivity contribution in [3.05, 3.63) is 54.6 Å². The topological polar surface area (TPSA) is 62.8 Å². The zero-order valence-corrected chi connectivity index (χ0v) is 17.1. The number of nitrogens with zero attached hydrogens (tertiary/aromatic N) is 1. The fourth-order valence-electron chi connectivity index (χ4n) is 5.17. The minimum atomic E-state index is -0.123. The number of rotatable bonds is 5. The van der Waals surface area contributed by atoms with Crippen molar-refractivity contribution in [3.63, 3.8) is 0 Å². The van der Waals surface area contributed by atoms with Crippen LogP contribution in [0.1, 0.15) is 25.7 Å². The second-order valence-electron chi connectivity index (χ2n) is 8.62. The largest absolute Gasteiger partial charge is 0.486 e. The van der Waals surface area contributed by atoms with Gasteiger partial charge in [0.25, 0.3) is 0 Å². The second kappa shape index (κ2) is 8.56. The molecule has 3 aliphatic heterocycles. The number of urea groups is 1. The molecule has 6 nitrogen and oxygen atoms in total. The summed E-state index contributed by atoms with van der Waals surface area (Å²) in [5.74, 6) is 2.23. The number of ether oxygens (including phenoxy) is 2. The molecule has 2 aromatic carbocycles. The summed E-state index contributed by atoms with van der Waals surface area (Å²) in [6.07, 6.45) is 4.82. The molecular formula is C24H29N3O3. The van der Waals surface area contributed by atoms with Crippen LogP contribution in [-0.2, 0) is 0 Å². The molecule has 6 heteroatoms. The number of piperidine rings is 1. The molecule has 3 aliphatic rings. The number of carbonyl (C=O) groups is 1. The maximum atomic E-state index is 12.2. The van der Waals surface area contributed by atoms with Crippen molar-refractivity contribution >= 4 is 11.7 Å². The van der Waals surface area contributed by atoms with Crippen LogP contribution in [0.15, 0.2) is 54.6 Å². The van der Waals surface area contributed by atoms with Gasteiger partial charge in [0.2, 0.25) is 0 Å². The first-order valence-electron chi connectivity index (χ1n) is 11.0. The van der Waals surface area contributed by atoms with E-state index in [1.54, 1.807) is 0 Å². The van der Waals surface area contributed by atoms with E-state index in [0.717, 1.165) is 43.1 Å². The van der Waals surface area contributed by atoms with E-state index >= 15 is 0 Å². The third-order valence-corrected chi connectivity index (χ3v) is 6.55. The van der Waals surface area contributed by atoms with Gasteiger partial charge in [-0.1, -0.05) is 30.3 Å². The molecule has 0 aliphatic carbocycles. The van der Waals surface area contributed by atoms with Crippen LogP contribution in [-0.4, -0.2) is 48.8 Å². The van der Waals surface area contributed by atoms with Gasteiger partial charge in [-0.15, -0.1) is 0 Å². The van der Waals surface area contributed by atoms with Crippen molar-refractivity contribution in [2.75, 3.05) is 25.0 Å². The molecule has 3 unspecified atom stereocenters. The SMILES string of the molecule is O=C(NCC1CC2CCC(C1)N2CC1COc2ccccc2O1)Nc1ccccc1. The highest BCUT2D eigenvalue weighted by Crippen LogP contribution is 2.39. The van der Waals surface area contributed by atoms with Crippen LogP contribution >= 0.6 is 0 Å². The molecule has 158 valence electrons. The molecule has 30 heavy (non-hydrogen) atoms. The Hall–Kier alpha value is -2.73. The highest BCUT2D eigenvalue weighted by atomic mass is 16.6. The first-order valence-corrected chi connectivity index (χ1v) is 11.0. The zero-order chi connectivity index (χ0) is 20.3. The van der Waals surface area contributed by atoms with Crippen LogP contribution < -0.4 is 20.1 Å². The van der Waals surface area contributed by atoms with Gasteiger partial charge in [-0.3, -0.25) is 4.90 Å². The molecule has 2 N–H and O–H groups in total. The van der Waals surface area contributed by atoms with E-state index in [1.165, 1.54) is 12.8 Å². The molecule has 2 fully saturated rings. The van der Waals surface area contributed by atoms with Crippen molar-refractivity contribution in [1.82, 2.24) is 10.2 Å². The Balaban J connectivity index is 1.11. The Bertz CT molecular complexity index is 861. The van der Waals surface area contributed by atoms with Gasteiger partial charge in [0.05, 0.1) is 0 Å². The van der Waals surface area contributed by atoms with E-state index in [-0.39, 0.29) is 12.1 Å². The minimum absolute atomic E-state index is 0.0781. The van der Waals surface area contributed by atoms with Gasteiger partial charge >= 0.3 is 6.03 Å². The van der Waals surface area contributed by atoms with Crippen molar-refractivity contribution in [2.24, 2.45) is 5.92 Å². The van der Waals surface area contributed by atoms with Gasteiger partial charge in [-0.05, 0) is 55.9 Å². The highest BCUT2D eigenvalue weighted by Gasteiger charge is 2.42. The summed E-state index contributed by atoms with van der Waals surface area (Å²) in [4.78, 5) is 14.8. The lowest BCUT2D eigenvalue weighted by Crippen LogP contribution is -2.50. The fourth-order valence-corrected chi connectivity index (χ4v) is 5.17. The number of nitrogens with one attached hydrogen (secondary N) is 2. The lowest BCUT2D eigenvalue weighted by molar-refractivity contribution is 0.0210. The van der Waals surface area contributed by atoms with Gasteiger partial charge < -0.3 is 20.1 Å². The summed E-state index contributed by atoms with van der Waals surface area (Å²) in [7, 11) is 0. The summed E-state index contributed by atoms with van der Waals surface area (Å²) in [5, 5.41) is 5.96. The Kier molecular flexibility index (Phi) is 5.49. The molecule has 3 atom stereocenters. The smallest absolute Gasteiger partial charge is 0.319 e. The van der Waals surface area contributed by atoms with Crippen molar-refractivity contribution in [3.8, 4) is 11.5 Å². The van der Waals surface area contributed by atoms with Gasteiger partial charge in [0.15, 0.2) is 11.5 Å². The first kappa shape index (κ1) is 19.2. The number of hydrogen-bond acceptors (Lipinski definition) is 4. The van der Waals surface area contributed by atoms with Gasteiger partial charge in [0.1, 0.15) is 12.7 Å². The normalized spacial score (nSPS) is 27.5. The first-order chi connectivity index (χ1) is 14.7. The van der Waals surface area contributed by atoms with Crippen molar-refractivity contribution in [1.29, 1.82) is 0 Å². The van der Waals surface area contributed by atoms with Crippen LogP contribution in [0.4, 0.5) is 10.5 Å². The summed E-state index contributed by atoms with van der Waals surface area (Å²) in [6.45, 7) is 2.26. The van der Waals surface area contributed by atoms with Crippen LogP contribution in [0, 0.1) is 5.92 Å². The lowest BCUT2D eigenvalue weighted by atomic mass is 9.90. The zero-order valence-electron chi connectivity index (χ0n) is 17.1. The van der Waals surface area contributed by atoms with Crippen molar-refractivity contribution < 1.29 is 14.3 Å². The summed E-state index contributed by atoms with van der Waals surface area (Å²) in [6, 6.07) is 18.5. The minimum Gasteiger partial charge on any atom is -0.486 e. The third-order valence-electron chi connectivity index (χ3n) is 6.55. The van der Waals surface area contributed by atoms with Crippen LogP contribution in [0.25, 0.3) is 0 Å². The Morgan fingerprint density at radius 2 is 1.67 bits per heavy atom. The van der Waals surface area contributed by atoms with E-state index in [9.17, 15) is 4.79 Å². The van der Waals surface area contributed by atoms with E-state index in [0.29, 0.717) is 24.6 Å². The summed E-state index contributed by atoms with van der Waals surface area (Å²) >= 11 is 0. The maximum Gasteiger partial charge on any atom is 0.319 e. The number of amides is 2. The highest BCUT2D eigenvalue weighted by molar-refractivity contribution is 5.89. The molecule has 3 heterocycles. The average molecular weight is 408 g/mol. The molecule has 5 rings (SSSR count). The average Bonchev–Trinajstić information content (AvgIpc) is 3.00. The third kappa shape index (κ3) is 4.24. The number of anilines is 1. The number of fused-ring (bicyclic) bond motifs is 3. The van der Waals surface area contributed by atoms with Crippen LogP contribution in [0.3, 0.4) is 0 Å². The quantitative estimate of drug-likeness (QED) is 0.789. The monoisotopic (exact) mass is 407 g/mol. The molecule has 0 spiro atoms. The van der Waals surface area contributed by atoms with E-state index in [1.807, 2.05) is 54.6 Å². The number of hydrogen-bond donors (Lipinski definition) is 2. The van der Waals surface area contributed by atoms with E-state index < -0.39 is 0 Å². The molecule has 2 amide bonds. The van der Waals surface area contributed by atoms with Gasteiger partial charge in [-0.25, -0.2) is 4.79 Å². The van der Waals surface area contributed by atoms with E-state index in [2.05, 4.69) is 15.5 Å². The standard InChI is InChI=1S/C24H29N3O3/c28-24(26-18-6-2-1-3-7-18)25-14-17-12-19-10-11-20(13-17)27(19)15-21-16-29-22-8-4-5-9-23(22)30-21/h1-9,17,19-21H,10-16H2,(H2,25,26,28). The number of carbonyl (C=O) groups excluding carboxylic acids is 1. The maximum absolute atomic E-state index is 12.2. The van der Waals surface area contributed by atoms with Gasteiger partial charge in [-0.2, -0.15) is 0 Å². The predicted molar refractivity (Wildman–Crippen MR) is 116 cm³/mol. The summed E-state index contributed by atoms with van der Waals surface area (Å²) < 4.78 is 12.1. The molecule has 2 bridgehead atoms. The Morgan fingerprint density at radius 1 is 0.967 bits per heavy atom. The van der Waals surface area contributed by atoms with Crippen LogP contribution in [0.2, 0.25) is 0 Å². The summed E-state index contributed by atoms with van der Waals surface area (Å²) in [5.41, 5.74) is 0.821. The Morgan fingerprint density at radius 3 is 2.43 bits per heavy atom. The lowest BCUT2D eigenvalue weighted by Gasteiger charge is -2.41. The molecule has 2 saturated heterocycles. The van der Waals surface area contributed by atoms with Crippen LogP contribution in [0.5, 0.6) is 11.5 Å².